The van der Waals surface area contributed by atoms with Crippen LogP contribution < -0.4 is 10.1 Å². The van der Waals surface area contributed by atoms with E-state index in [0.717, 1.165) is 18.6 Å². The minimum Gasteiger partial charge on any atom is -0.475 e. The Balaban J connectivity index is 2.80. The molecule has 0 saturated heterocycles. The third-order valence-electron chi connectivity index (χ3n) is 2.37. The van der Waals surface area contributed by atoms with Crippen molar-refractivity contribution in [3.05, 3.63) is 17.7 Å². The molecule has 1 N–H and O–H groups in total. The molecule has 114 valence electrons. The van der Waals surface area contributed by atoms with E-state index in [2.05, 4.69) is 10.3 Å². The Bertz CT molecular complexity index is 411. The highest BCUT2D eigenvalue weighted by molar-refractivity contribution is 5.42. The summed E-state index contributed by atoms with van der Waals surface area (Å²) in [5, 5.41) is 2.83. The average molecular weight is 292 g/mol. The number of aromatic nitrogens is 1. The van der Waals surface area contributed by atoms with E-state index in [1.807, 2.05) is 13.8 Å². The van der Waals surface area contributed by atoms with Gasteiger partial charge in [-0.3, -0.25) is 0 Å². The Hall–Kier alpha value is -1.50. The number of alkyl halides is 3. The molecule has 0 atom stereocenters. The molecule has 0 fully saturated rings. The normalized spacial score (nSPS) is 11.4. The van der Waals surface area contributed by atoms with E-state index < -0.39 is 11.7 Å². The van der Waals surface area contributed by atoms with Crippen LogP contribution in [0.25, 0.3) is 0 Å². The molecule has 1 heterocycles. The molecule has 1 aromatic rings. The van der Waals surface area contributed by atoms with Gasteiger partial charge in [-0.1, -0.05) is 6.92 Å². The first-order valence-electron chi connectivity index (χ1n) is 6.51. The molecule has 0 radical (unpaired) electrons. The molecule has 0 aliphatic rings. The Morgan fingerprint density at radius 2 is 1.95 bits per heavy atom. The predicted molar refractivity (Wildman–Crippen MR) is 70.0 cm³/mol. The van der Waals surface area contributed by atoms with Gasteiger partial charge in [-0.2, -0.15) is 18.2 Å². The lowest BCUT2D eigenvalue weighted by Crippen LogP contribution is -2.12. The number of ether oxygens (including phenoxy) is 2. The molecule has 1 rings (SSSR count). The molecule has 0 bridgehead atoms. The molecular weight excluding hydrogens is 273 g/mol. The van der Waals surface area contributed by atoms with Crippen molar-refractivity contribution in [1.82, 2.24) is 4.98 Å². The molecule has 0 aromatic carbocycles. The van der Waals surface area contributed by atoms with Crippen LogP contribution in [0, 0.1) is 0 Å². The van der Waals surface area contributed by atoms with Crippen molar-refractivity contribution in [3.63, 3.8) is 0 Å². The van der Waals surface area contributed by atoms with Gasteiger partial charge in [0.1, 0.15) is 12.4 Å². The first-order valence-corrected chi connectivity index (χ1v) is 6.51. The molecule has 0 aliphatic heterocycles. The van der Waals surface area contributed by atoms with Crippen molar-refractivity contribution in [3.8, 4) is 5.88 Å². The topological polar surface area (TPSA) is 43.4 Å². The minimum atomic E-state index is -4.43. The fourth-order valence-corrected chi connectivity index (χ4v) is 1.44. The SMILES string of the molecule is CCCNc1cc(C(F)(F)F)cc(OCCOCC)n1. The van der Waals surface area contributed by atoms with Crippen molar-refractivity contribution in [1.29, 1.82) is 0 Å². The number of hydrogen-bond donors (Lipinski definition) is 1. The number of nitrogens with one attached hydrogen (secondary N) is 1. The maximum atomic E-state index is 12.8. The van der Waals surface area contributed by atoms with E-state index in [4.69, 9.17) is 9.47 Å². The summed E-state index contributed by atoms with van der Waals surface area (Å²) in [5.41, 5.74) is -0.780. The summed E-state index contributed by atoms with van der Waals surface area (Å²) in [5.74, 6) is 0.103. The molecule has 0 unspecified atom stereocenters. The van der Waals surface area contributed by atoms with Gasteiger partial charge < -0.3 is 14.8 Å². The number of anilines is 1. The number of hydrogen-bond acceptors (Lipinski definition) is 4. The summed E-state index contributed by atoms with van der Waals surface area (Å²) in [7, 11) is 0. The monoisotopic (exact) mass is 292 g/mol. The predicted octanol–water partition coefficient (Wildman–Crippen LogP) is 3.34. The summed E-state index contributed by atoms with van der Waals surface area (Å²) >= 11 is 0. The van der Waals surface area contributed by atoms with E-state index in [0.29, 0.717) is 19.8 Å². The first kappa shape index (κ1) is 16.6. The van der Waals surface area contributed by atoms with Gasteiger partial charge in [0.15, 0.2) is 0 Å². The maximum absolute atomic E-state index is 12.8. The average Bonchev–Trinajstić information content (AvgIpc) is 2.40. The van der Waals surface area contributed by atoms with Crippen molar-refractivity contribution < 1.29 is 22.6 Å². The Morgan fingerprint density at radius 1 is 1.20 bits per heavy atom. The zero-order chi connectivity index (χ0) is 15.0. The quantitative estimate of drug-likeness (QED) is 0.746. The van der Waals surface area contributed by atoms with Crippen molar-refractivity contribution in [2.45, 2.75) is 26.4 Å². The molecule has 4 nitrogen and oxygen atoms in total. The van der Waals surface area contributed by atoms with Crippen molar-refractivity contribution in [2.75, 3.05) is 31.7 Å². The number of halogens is 3. The van der Waals surface area contributed by atoms with Gasteiger partial charge in [0.25, 0.3) is 0 Å². The van der Waals surface area contributed by atoms with E-state index in [9.17, 15) is 13.2 Å². The lowest BCUT2D eigenvalue weighted by molar-refractivity contribution is -0.137. The third-order valence-corrected chi connectivity index (χ3v) is 2.37. The molecular formula is C13H19F3N2O2. The van der Waals surface area contributed by atoms with Crippen LogP contribution in [0.2, 0.25) is 0 Å². The highest BCUT2D eigenvalue weighted by Crippen LogP contribution is 2.32. The second kappa shape index (κ2) is 7.94. The molecule has 7 heteroatoms. The summed E-state index contributed by atoms with van der Waals surface area (Å²) in [4.78, 5) is 3.99. The van der Waals surface area contributed by atoms with Crippen LogP contribution in [-0.2, 0) is 10.9 Å². The first-order chi connectivity index (χ1) is 9.47. The van der Waals surface area contributed by atoms with Crippen LogP contribution in [0.3, 0.4) is 0 Å². The van der Waals surface area contributed by atoms with Gasteiger partial charge in [-0.05, 0) is 19.4 Å². The fraction of sp³-hybridized carbons (Fsp3) is 0.615. The van der Waals surface area contributed by atoms with Crippen LogP contribution in [0.15, 0.2) is 12.1 Å². The van der Waals surface area contributed by atoms with Gasteiger partial charge in [-0.25, -0.2) is 0 Å². The van der Waals surface area contributed by atoms with Crippen molar-refractivity contribution in [2.24, 2.45) is 0 Å². The molecule has 0 saturated carbocycles. The Kier molecular flexibility index (Phi) is 6.57. The molecule has 0 amide bonds. The largest absolute Gasteiger partial charge is 0.475 e. The zero-order valence-electron chi connectivity index (χ0n) is 11.6. The lowest BCUT2D eigenvalue weighted by atomic mass is 10.2. The summed E-state index contributed by atoms with van der Waals surface area (Å²) in [6.45, 7) is 5.30. The van der Waals surface area contributed by atoms with E-state index >= 15 is 0 Å². The van der Waals surface area contributed by atoms with Gasteiger partial charge in [-0.15, -0.1) is 0 Å². The summed E-state index contributed by atoms with van der Waals surface area (Å²) in [6, 6.07) is 1.87. The van der Waals surface area contributed by atoms with Crippen LogP contribution in [0.1, 0.15) is 25.8 Å². The zero-order valence-corrected chi connectivity index (χ0v) is 11.6. The van der Waals surface area contributed by atoms with E-state index in [-0.39, 0.29) is 18.3 Å². The second-order valence-corrected chi connectivity index (χ2v) is 4.05. The Labute approximate surface area is 116 Å². The van der Waals surface area contributed by atoms with Gasteiger partial charge in [0, 0.05) is 19.2 Å². The fourth-order valence-electron chi connectivity index (χ4n) is 1.44. The number of rotatable bonds is 8. The van der Waals surface area contributed by atoms with E-state index in [1.54, 1.807) is 0 Å². The maximum Gasteiger partial charge on any atom is 0.416 e. The van der Waals surface area contributed by atoms with Gasteiger partial charge in [0.05, 0.1) is 12.2 Å². The van der Waals surface area contributed by atoms with Gasteiger partial charge in [0.2, 0.25) is 5.88 Å². The van der Waals surface area contributed by atoms with Crippen LogP contribution in [0.5, 0.6) is 5.88 Å². The highest BCUT2D eigenvalue weighted by Gasteiger charge is 2.32. The minimum absolute atomic E-state index is 0.0573. The Morgan fingerprint density at radius 3 is 2.55 bits per heavy atom. The van der Waals surface area contributed by atoms with Crippen LogP contribution in [-0.4, -0.2) is 31.3 Å². The van der Waals surface area contributed by atoms with Gasteiger partial charge >= 0.3 is 6.18 Å². The summed E-state index contributed by atoms with van der Waals surface area (Å²) < 4.78 is 48.6. The number of nitrogens with zero attached hydrogens (tertiary/aromatic N) is 1. The highest BCUT2D eigenvalue weighted by atomic mass is 19.4. The van der Waals surface area contributed by atoms with Crippen LogP contribution >= 0.6 is 0 Å². The third kappa shape index (κ3) is 5.64. The van der Waals surface area contributed by atoms with Crippen molar-refractivity contribution >= 4 is 5.82 Å². The molecule has 20 heavy (non-hydrogen) atoms. The second-order valence-electron chi connectivity index (χ2n) is 4.05. The molecule has 0 spiro atoms. The smallest absolute Gasteiger partial charge is 0.416 e. The molecule has 1 aromatic heterocycles. The summed E-state index contributed by atoms with van der Waals surface area (Å²) in [6.07, 6.45) is -3.64. The molecule has 0 aliphatic carbocycles. The standard InChI is InChI=1S/C13H19F3N2O2/c1-3-5-17-11-8-10(13(14,15)16)9-12(18-11)20-7-6-19-4-2/h8-9H,3-7H2,1-2H3,(H,17,18). The number of pyridine rings is 1. The lowest BCUT2D eigenvalue weighted by Gasteiger charge is -2.13. The van der Waals surface area contributed by atoms with Crippen LogP contribution in [0.4, 0.5) is 19.0 Å². The van der Waals surface area contributed by atoms with E-state index in [1.165, 1.54) is 0 Å².